The molecule has 0 atom stereocenters. The average Bonchev–Trinajstić information content (AvgIpc) is 2.77. The van der Waals surface area contributed by atoms with Crippen molar-refractivity contribution in [3.8, 4) is 5.69 Å². The Hall–Kier alpha value is -0.990. The van der Waals surface area contributed by atoms with Crippen LogP contribution in [-0.4, -0.2) is 9.55 Å². The third-order valence-electron chi connectivity index (χ3n) is 2.64. The van der Waals surface area contributed by atoms with Gasteiger partial charge in [-0.1, -0.05) is 24.6 Å². The molecule has 1 aromatic carbocycles. The lowest BCUT2D eigenvalue weighted by atomic mass is 10.2. The topological polar surface area (TPSA) is 17.8 Å². The molecule has 0 amide bonds. The Morgan fingerprint density at radius 1 is 1.35 bits per heavy atom. The summed E-state index contributed by atoms with van der Waals surface area (Å²) in [7, 11) is 0. The van der Waals surface area contributed by atoms with Gasteiger partial charge >= 0.3 is 0 Å². The smallest absolute Gasteiger partial charge is 0.113 e. The number of benzene rings is 1. The molecule has 1 aromatic heterocycles. The van der Waals surface area contributed by atoms with E-state index in [1.165, 1.54) is 0 Å². The number of halogens is 2. The van der Waals surface area contributed by atoms with E-state index in [0.717, 1.165) is 29.9 Å². The first-order chi connectivity index (χ1) is 8.26. The fraction of sp³-hybridized carbons (Fsp3) is 0.308. The summed E-state index contributed by atoms with van der Waals surface area (Å²) in [6.07, 6.45) is 5.77. The highest BCUT2D eigenvalue weighted by Gasteiger charge is 2.09. The lowest BCUT2D eigenvalue weighted by molar-refractivity contribution is 0.806. The van der Waals surface area contributed by atoms with Crippen LogP contribution in [0.25, 0.3) is 5.69 Å². The normalized spacial score (nSPS) is 10.8. The molecule has 0 saturated heterocycles. The second-order valence-electron chi connectivity index (χ2n) is 3.87. The van der Waals surface area contributed by atoms with Crippen LogP contribution in [0, 0.1) is 0 Å². The van der Waals surface area contributed by atoms with E-state index >= 15 is 0 Å². The molecule has 4 heteroatoms. The zero-order chi connectivity index (χ0) is 12.3. The third kappa shape index (κ3) is 2.64. The number of nitrogens with zero attached hydrogens (tertiary/aromatic N) is 2. The number of alkyl halides is 1. The van der Waals surface area contributed by atoms with Crippen molar-refractivity contribution in [2.75, 3.05) is 0 Å². The van der Waals surface area contributed by atoms with Crippen LogP contribution in [-0.2, 0) is 12.3 Å². The summed E-state index contributed by atoms with van der Waals surface area (Å²) < 4.78 is 2.06. The molecule has 0 aliphatic rings. The van der Waals surface area contributed by atoms with Crippen molar-refractivity contribution in [1.82, 2.24) is 9.55 Å². The highest BCUT2D eigenvalue weighted by Crippen LogP contribution is 2.23. The SMILES string of the molecule is CCCc1nccn1-c1cc(Cl)ccc1CCl. The first-order valence-electron chi connectivity index (χ1n) is 5.63. The maximum absolute atomic E-state index is 6.04. The summed E-state index contributed by atoms with van der Waals surface area (Å²) in [5, 5.41) is 0.713. The predicted octanol–water partition coefficient (Wildman–Crippen LogP) is 4.22. The van der Waals surface area contributed by atoms with Gasteiger partial charge in [0.25, 0.3) is 0 Å². The van der Waals surface area contributed by atoms with Crippen LogP contribution in [0.3, 0.4) is 0 Å². The zero-order valence-corrected chi connectivity index (χ0v) is 11.2. The van der Waals surface area contributed by atoms with Crippen LogP contribution in [0.1, 0.15) is 24.7 Å². The summed E-state index contributed by atoms with van der Waals surface area (Å²) in [5.74, 6) is 1.51. The number of imidazole rings is 1. The van der Waals surface area contributed by atoms with E-state index in [1.807, 2.05) is 30.6 Å². The maximum Gasteiger partial charge on any atom is 0.113 e. The number of rotatable bonds is 4. The molecule has 0 unspecified atom stereocenters. The lowest BCUT2D eigenvalue weighted by Gasteiger charge is -2.11. The Bertz CT molecular complexity index is 506. The van der Waals surface area contributed by atoms with Gasteiger partial charge in [0.15, 0.2) is 0 Å². The minimum absolute atomic E-state index is 0.468. The Balaban J connectivity index is 2.51. The molecule has 0 aliphatic carbocycles. The average molecular weight is 269 g/mol. The summed E-state index contributed by atoms with van der Waals surface area (Å²) in [6.45, 7) is 2.14. The molecule has 17 heavy (non-hydrogen) atoms. The van der Waals surface area contributed by atoms with Gasteiger partial charge in [-0.15, -0.1) is 11.6 Å². The number of hydrogen-bond donors (Lipinski definition) is 0. The Morgan fingerprint density at radius 2 is 2.18 bits per heavy atom. The number of aromatic nitrogens is 2. The fourth-order valence-electron chi connectivity index (χ4n) is 1.84. The third-order valence-corrected chi connectivity index (χ3v) is 3.16. The number of aryl methyl sites for hydroxylation is 1. The predicted molar refractivity (Wildman–Crippen MR) is 72.1 cm³/mol. The van der Waals surface area contributed by atoms with Gasteiger partial charge in [0.1, 0.15) is 5.82 Å². The molecule has 0 saturated carbocycles. The molecule has 2 aromatic rings. The highest BCUT2D eigenvalue weighted by molar-refractivity contribution is 6.30. The second-order valence-corrected chi connectivity index (χ2v) is 4.57. The Morgan fingerprint density at radius 3 is 2.88 bits per heavy atom. The summed E-state index contributed by atoms with van der Waals surface area (Å²) >= 11 is 12.0. The van der Waals surface area contributed by atoms with E-state index in [0.29, 0.717) is 10.9 Å². The van der Waals surface area contributed by atoms with Crippen LogP contribution >= 0.6 is 23.2 Å². The maximum atomic E-state index is 6.04. The molecule has 0 bridgehead atoms. The molecule has 0 radical (unpaired) electrons. The van der Waals surface area contributed by atoms with Crippen LogP contribution in [0.5, 0.6) is 0 Å². The quantitative estimate of drug-likeness (QED) is 0.760. The standard InChI is InChI=1S/C13H14Cl2N2/c1-2-3-13-16-6-7-17(13)12-8-11(15)5-4-10(12)9-14/h4-8H,2-3,9H2,1H3. The van der Waals surface area contributed by atoms with Crippen molar-refractivity contribution in [2.45, 2.75) is 25.6 Å². The van der Waals surface area contributed by atoms with Crippen molar-refractivity contribution in [2.24, 2.45) is 0 Å². The molecule has 0 N–H and O–H groups in total. The van der Waals surface area contributed by atoms with Gasteiger partial charge in [-0.25, -0.2) is 4.98 Å². The van der Waals surface area contributed by atoms with Gasteiger partial charge in [-0.3, -0.25) is 0 Å². The summed E-state index contributed by atoms with van der Waals surface area (Å²) in [4.78, 5) is 4.36. The minimum atomic E-state index is 0.468. The van der Waals surface area contributed by atoms with E-state index in [9.17, 15) is 0 Å². The molecule has 0 aliphatic heterocycles. The van der Waals surface area contributed by atoms with Gasteiger partial charge in [0, 0.05) is 29.7 Å². The molecule has 0 fully saturated rings. The number of hydrogen-bond acceptors (Lipinski definition) is 1. The van der Waals surface area contributed by atoms with Gasteiger partial charge in [0.2, 0.25) is 0 Å². The van der Waals surface area contributed by atoms with Crippen molar-refractivity contribution in [1.29, 1.82) is 0 Å². The Labute approximate surface area is 111 Å². The zero-order valence-electron chi connectivity index (χ0n) is 9.66. The van der Waals surface area contributed by atoms with E-state index in [4.69, 9.17) is 23.2 Å². The Kier molecular flexibility index (Phi) is 4.08. The van der Waals surface area contributed by atoms with Gasteiger partial charge in [-0.2, -0.15) is 0 Å². The van der Waals surface area contributed by atoms with Crippen molar-refractivity contribution in [3.63, 3.8) is 0 Å². The first-order valence-corrected chi connectivity index (χ1v) is 6.54. The molecule has 90 valence electrons. The van der Waals surface area contributed by atoms with Gasteiger partial charge < -0.3 is 4.57 Å². The van der Waals surface area contributed by atoms with Crippen LogP contribution in [0.4, 0.5) is 0 Å². The van der Waals surface area contributed by atoms with E-state index < -0.39 is 0 Å². The lowest BCUT2D eigenvalue weighted by Crippen LogP contribution is -2.03. The second kappa shape index (κ2) is 5.56. The highest BCUT2D eigenvalue weighted by atomic mass is 35.5. The molecule has 2 rings (SSSR count). The fourth-order valence-corrected chi connectivity index (χ4v) is 2.23. The molecule has 0 spiro atoms. The molecule has 1 heterocycles. The summed E-state index contributed by atoms with van der Waals surface area (Å²) in [5.41, 5.74) is 2.08. The van der Waals surface area contributed by atoms with Crippen LogP contribution < -0.4 is 0 Å². The van der Waals surface area contributed by atoms with E-state index in [2.05, 4.69) is 16.5 Å². The van der Waals surface area contributed by atoms with Gasteiger partial charge in [0.05, 0.1) is 5.69 Å². The molecular formula is C13H14Cl2N2. The van der Waals surface area contributed by atoms with Gasteiger partial charge in [-0.05, 0) is 24.1 Å². The van der Waals surface area contributed by atoms with Crippen molar-refractivity contribution >= 4 is 23.2 Å². The van der Waals surface area contributed by atoms with Crippen LogP contribution in [0.2, 0.25) is 5.02 Å². The van der Waals surface area contributed by atoms with E-state index in [1.54, 1.807) is 0 Å². The minimum Gasteiger partial charge on any atom is -0.303 e. The van der Waals surface area contributed by atoms with E-state index in [-0.39, 0.29) is 0 Å². The molecular weight excluding hydrogens is 255 g/mol. The first kappa shape index (κ1) is 12.5. The summed E-state index contributed by atoms with van der Waals surface area (Å²) in [6, 6.07) is 5.75. The van der Waals surface area contributed by atoms with Crippen molar-refractivity contribution < 1.29 is 0 Å². The van der Waals surface area contributed by atoms with Crippen LogP contribution in [0.15, 0.2) is 30.6 Å². The van der Waals surface area contributed by atoms with Crippen molar-refractivity contribution in [3.05, 3.63) is 47.0 Å². The largest absolute Gasteiger partial charge is 0.303 e. The molecule has 2 nitrogen and oxygen atoms in total. The monoisotopic (exact) mass is 268 g/mol.